The summed E-state index contributed by atoms with van der Waals surface area (Å²) >= 11 is 11.5. The molecule has 0 aliphatic rings. The Kier molecular flexibility index (Phi) is 6.72. The predicted molar refractivity (Wildman–Crippen MR) is 92.4 cm³/mol. The molecule has 1 heterocycles. The summed E-state index contributed by atoms with van der Waals surface area (Å²) in [5, 5.41) is 2.79. The number of aromatic nitrogens is 1. The molecule has 4 nitrogen and oxygen atoms in total. The zero-order chi connectivity index (χ0) is 19.3. The van der Waals surface area contributed by atoms with Gasteiger partial charge in [-0.3, -0.25) is 4.79 Å². The molecule has 1 amide bonds. The maximum atomic E-state index is 13.0. The molecule has 1 aromatic heterocycles. The predicted octanol–water partition coefficient (Wildman–Crippen LogP) is 4.81. The average molecular weight is 406 g/mol. The van der Waals surface area contributed by atoms with Gasteiger partial charge in [-0.05, 0) is 18.6 Å². The fourth-order valence-electron chi connectivity index (χ4n) is 2.07. The molecule has 0 saturated carbocycles. The molecule has 0 bridgehead atoms. The highest BCUT2D eigenvalue weighted by molar-refractivity contribution is 6.41. The van der Waals surface area contributed by atoms with E-state index in [1.54, 1.807) is 0 Å². The number of rotatable bonds is 6. The Labute approximate surface area is 158 Å². The number of ether oxygens (including phenoxy) is 1. The van der Waals surface area contributed by atoms with E-state index < -0.39 is 29.3 Å². The van der Waals surface area contributed by atoms with Crippen molar-refractivity contribution in [3.63, 3.8) is 0 Å². The van der Waals surface area contributed by atoms with Crippen LogP contribution in [-0.4, -0.2) is 23.5 Å². The van der Waals surface area contributed by atoms with Gasteiger partial charge in [-0.15, -0.1) is 0 Å². The van der Waals surface area contributed by atoms with Crippen LogP contribution >= 0.6 is 23.2 Å². The van der Waals surface area contributed by atoms with Crippen molar-refractivity contribution in [2.24, 2.45) is 0 Å². The van der Waals surface area contributed by atoms with Crippen LogP contribution in [0, 0.1) is 6.92 Å². The van der Waals surface area contributed by atoms with Gasteiger partial charge >= 0.3 is 6.18 Å². The highest BCUT2D eigenvalue weighted by Gasteiger charge is 2.35. The number of pyridine rings is 1. The summed E-state index contributed by atoms with van der Waals surface area (Å²) in [5.74, 6) is -0.551. The lowest BCUT2D eigenvalue weighted by Gasteiger charge is -2.19. The second-order valence-corrected chi connectivity index (χ2v) is 6.02. The molecule has 0 fully saturated rings. The first-order chi connectivity index (χ1) is 12.2. The van der Waals surface area contributed by atoms with Crippen molar-refractivity contribution in [1.29, 1.82) is 0 Å². The minimum Gasteiger partial charge on any atom is -0.490 e. The molecular weight excluding hydrogens is 392 g/mol. The van der Waals surface area contributed by atoms with E-state index >= 15 is 0 Å². The van der Waals surface area contributed by atoms with Crippen molar-refractivity contribution >= 4 is 29.1 Å². The van der Waals surface area contributed by atoms with Crippen LogP contribution in [0.25, 0.3) is 0 Å². The fraction of sp³-hybridized carbons (Fsp3) is 0.235. The summed E-state index contributed by atoms with van der Waals surface area (Å²) in [6.07, 6.45) is -3.08. The first kappa shape index (κ1) is 20.3. The molecule has 26 heavy (non-hydrogen) atoms. The highest BCUT2D eigenvalue weighted by Crippen LogP contribution is 2.31. The standard InChI is InChI=1S/C17H14Cl2F3N2O2/c1-2-10(9-26-11-7-14(18)15(19)23-8-11)24-16(25)12-5-3-4-6-13(12)17(20,21)22/h3-8,10H,1-2,9H2,(H,24,25). The van der Waals surface area contributed by atoms with E-state index in [4.69, 9.17) is 27.9 Å². The lowest BCUT2D eigenvalue weighted by Crippen LogP contribution is -2.39. The first-order valence-corrected chi connectivity index (χ1v) is 8.18. The Morgan fingerprint density at radius 2 is 2.00 bits per heavy atom. The molecule has 2 rings (SSSR count). The van der Waals surface area contributed by atoms with E-state index in [9.17, 15) is 18.0 Å². The van der Waals surface area contributed by atoms with E-state index in [0.717, 1.165) is 12.1 Å². The van der Waals surface area contributed by atoms with E-state index in [1.807, 2.05) is 0 Å². The van der Waals surface area contributed by atoms with E-state index in [0.29, 0.717) is 5.75 Å². The molecule has 0 aliphatic heterocycles. The monoisotopic (exact) mass is 405 g/mol. The Bertz CT molecular complexity index is 785. The number of halogens is 5. The minimum absolute atomic E-state index is 0.0247. The van der Waals surface area contributed by atoms with Crippen LogP contribution in [-0.2, 0) is 6.18 Å². The number of benzene rings is 1. The van der Waals surface area contributed by atoms with Gasteiger partial charge in [0.1, 0.15) is 17.5 Å². The molecule has 1 unspecified atom stereocenters. The molecule has 9 heteroatoms. The van der Waals surface area contributed by atoms with Crippen LogP contribution in [0.2, 0.25) is 10.2 Å². The van der Waals surface area contributed by atoms with Crippen LogP contribution in [0.15, 0.2) is 36.5 Å². The van der Waals surface area contributed by atoms with Gasteiger partial charge in [-0.1, -0.05) is 42.3 Å². The molecule has 0 saturated heterocycles. The molecule has 139 valence electrons. The van der Waals surface area contributed by atoms with E-state index in [1.165, 1.54) is 24.4 Å². The average Bonchev–Trinajstić information content (AvgIpc) is 2.60. The third-order valence-electron chi connectivity index (χ3n) is 3.38. The van der Waals surface area contributed by atoms with Gasteiger partial charge < -0.3 is 10.1 Å². The van der Waals surface area contributed by atoms with Crippen LogP contribution in [0.3, 0.4) is 0 Å². The molecule has 1 radical (unpaired) electrons. The summed E-state index contributed by atoms with van der Waals surface area (Å²) in [6, 6.07) is 5.38. The summed E-state index contributed by atoms with van der Waals surface area (Å²) in [5.41, 5.74) is -1.47. The highest BCUT2D eigenvalue weighted by atomic mass is 35.5. The maximum Gasteiger partial charge on any atom is 0.417 e. The van der Waals surface area contributed by atoms with Gasteiger partial charge in [0.15, 0.2) is 0 Å². The van der Waals surface area contributed by atoms with Crippen molar-refractivity contribution < 1.29 is 22.7 Å². The summed E-state index contributed by atoms with van der Waals surface area (Å²) in [6.45, 7) is 3.64. The summed E-state index contributed by atoms with van der Waals surface area (Å²) in [7, 11) is 0. The Morgan fingerprint density at radius 1 is 1.31 bits per heavy atom. The van der Waals surface area contributed by atoms with Gasteiger partial charge in [0.2, 0.25) is 0 Å². The number of nitrogens with zero attached hydrogens (tertiary/aromatic N) is 1. The van der Waals surface area contributed by atoms with Gasteiger partial charge in [0.25, 0.3) is 5.91 Å². The molecule has 1 atom stereocenters. The topological polar surface area (TPSA) is 51.2 Å². The van der Waals surface area contributed by atoms with Gasteiger partial charge in [-0.25, -0.2) is 4.98 Å². The van der Waals surface area contributed by atoms with Crippen LogP contribution in [0.1, 0.15) is 22.3 Å². The second-order valence-electron chi connectivity index (χ2n) is 5.26. The third kappa shape index (κ3) is 5.25. The molecule has 0 spiro atoms. The number of carbonyl (C=O) groups is 1. The van der Waals surface area contributed by atoms with Gasteiger partial charge in [0.05, 0.1) is 28.4 Å². The van der Waals surface area contributed by atoms with E-state index in [2.05, 4.69) is 17.2 Å². The third-order valence-corrected chi connectivity index (χ3v) is 4.07. The number of hydrogen-bond donors (Lipinski definition) is 1. The van der Waals surface area contributed by atoms with Crippen LogP contribution in [0.5, 0.6) is 5.75 Å². The summed E-state index contributed by atoms with van der Waals surface area (Å²) in [4.78, 5) is 16.1. The molecule has 2 aromatic rings. The van der Waals surface area contributed by atoms with Gasteiger partial charge in [0, 0.05) is 6.07 Å². The normalized spacial score (nSPS) is 12.5. The molecule has 1 aromatic carbocycles. The zero-order valence-corrected chi connectivity index (χ0v) is 14.8. The lowest BCUT2D eigenvalue weighted by molar-refractivity contribution is -0.137. The minimum atomic E-state index is -4.63. The van der Waals surface area contributed by atoms with Crippen molar-refractivity contribution in [1.82, 2.24) is 10.3 Å². The van der Waals surface area contributed by atoms with Crippen molar-refractivity contribution in [2.75, 3.05) is 6.61 Å². The quantitative estimate of drug-likeness (QED) is 0.701. The SMILES string of the molecule is [CH2]CC(COc1cnc(Cl)c(Cl)c1)NC(=O)c1ccccc1C(F)(F)F. The zero-order valence-electron chi connectivity index (χ0n) is 13.3. The number of hydrogen-bond acceptors (Lipinski definition) is 3. The first-order valence-electron chi connectivity index (χ1n) is 7.42. The largest absolute Gasteiger partial charge is 0.490 e. The van der Waals surface area contributed by atoms with Crippen LogP contribution < -0.4 is 10.1 Å². The lowest BCUT2D eigenvalue weighted by atomic mass is 10.1. The Balaban J connectivity index is 2.06. The van der Waals surface area contributed by atoms with Crippen molar-refractivity contribution in [3.05, 3.63) is 64.8 Å². The molecule has 0 aliphatic carbocycles. The Morgan fingerprint density at radius 3 is 2.62 bits per heavy atom. The van der Waals surface area contributed by atoms with Gasteiger partial charge in [-0.2, -0.15) is 13.2 Å². The smallest absolute Gasteiger partial charge is 0.417 e. The fourth-order valence-corrected chi connectivity index (χ4v) is 2.33. The van der Waals surface area contributed by atoms with E-state index in [-0.39, 0.29) is 23.2 Å². The summed E-state index contributed by atoms with van der Waals surface area (Å²) < 4.78 is 44.5. The van der Waals surface area contributed by atoms with Crippen molar-refractivity contribution in [2.45, 2.75) is 18.6 Å². The van der Waals surface area contributed by atoms with Crippen molar-refractivity contribution in [3.8, 4) is 5.75 Å². The number of alkyl halides is 3. The maximum absolute atomic E-state index is 13.0. The molecular formula is C17H14Cl2F3N2O2. The number of amides is 1. The number of carbonyl (C=O) groups excluding carboxylic acids is 1. The number of nitrogens with one attached hydrogen (secondary N) is 1. The second kappa shape index (κ2) is 8.60. The Hall–Kier alpha value is -1.99. The molecule has 1 N–H and O–H groups in total. The van der Waals surface area contributed by atoms with Crippen LogP contribution in [0.4, 0.5) is 13.2 Å².